The summed E-state index contributed by atoms with van der Waals surface area (Å²) in [4.78, 5) is 29.1. The fourth-order valence-electron chi connectivity index (χ4n) is 4.08. The molecule has 0 fully saturated rings. The molecular formula is C29H34Cl2N4O4S. The third-order valence-electron chi connectivity index (χ3n) is 6.12. The zero-order valence-electron chi connectivity index (χ0n) is 22.9. The van der Waals surface area contributed by atoms with Crippen molar-refractivity contribution >= 4 is 50.9 Å². The van der Waals surface area contributed by atoms with E-state index < -0.39 is 28.7 Å². The van der Waals surface area contributed by atoms with Gasteiger partial charge in [0.15, 0.2) is 0 Å². The lowest BCUT2D eigenvalue weighted by Crippen LogP contribution is -2.55. The highest BCUT2D eigenvalue weighted by Crippen LogP contribution is 2.25. The first-order valence-electron chi connectivity index (χ1n) is 12.7. The minimum atomic E-state index is -4.06. The zero-order chi connectivity index (χ0) is 29.4. The second kappa shape index (κ2) is 14.0. The van der Waals surface area contributed by atoms with Gasteiger partial charge >= 0.3 is 10.2 Å². The van der Waals surface area contributed by atoms with Crippen LogP contribution in [0.25, 0.3) is 0 Å². The molecule has 8 nitrogen and oxygen atoms in total. The highest BCUT2D eigenvalue weighted by molar-refractivity contribution is 7.90. The summed E-state index contributed by atoms with van der Waals surface area (Å²) in [6, 6.07) is 21.5. The van der Waals surface area contributed by atoms with Crippen LogP contribution in [0.4, 0.5) is 5.69 Å². The van der Waals surface area contributed by atoms with Crippen molar-refractivity contribution < 1.29 is 18.0 Å². The molecule has 40 heavy (non-hydrogen) atoms. The summed E-state index contributed by atoms with van der Waals surface area (Å²) in [5.74, 6) is -0.931. The molecule has 0 aromatic heterocycles. The number of amides is 2. The molecule has 1 atom stereocenters. The maximum atomic E-state index is 14.2. The summed E-state index contributed by atoms with van der Waals surface area (Å²) in [5.41, 5.74) is 1.73. The third-order valence-corrected chi connectivity index (χ3v) is 8.53. The molecule has 0 aliphatic carbocycles. The number of anilines is 1. The van der Waals surface area contributed by atoms with Crippen molar-refractivity contribution in [3.8, 4) is 0 Å². The van der Waals surface area contributed by atoms with Crippen molar-refractivity contribution in [2.24, 2.45) is 0 Å². The van der Waals surface area contributed by atoms with Crippen molar-refractivity contribution in [1.82, 2.24) is 14.5 Å². The van der Waals surface area contributed by atoms with Crippen LogP contribution in [0.1, 0.15) is 25.0 Å². The Morgan fingerprint density at radius 3 is 2.05 bits per heavy atom. The number of rotatable bonds is 12. The summed E-state index contributed by atoms with van der Waals surface area (Å²) >= 11 is 12.6. The van der Waals surface area contributed by atoms with Gasteiger partial charge in [0.2, 0.25) is 11.8 Å². The molecule has 0 saturated carbocycles. The molecule has 2 amide bonds. The Hall–Kier alpha value is -3.11. The van der Waals surface area contributed by atoms with Crippen molar-refractivity contribution in [2.45, 2.75) is 38.9 Å². The van der Waals surface area contributed by atoms with Crippen LogP contribution in [0.5, 0.6) is 0 Å². The minimum Gasteiger partial charge on any atom is -0.352 e. The summed E-state index contributed by atoms with van der Waals surface area (Å²) in [6.07, 6.45) is 0.210. The van der Waals surface area contributed by atoms with Crippen LogP contribution >= 0.6 is 23.2 Å². The van der Waals surface area contributed by atoms with E-state index in [1.54, 1.807) is 48.5 Å². The van der Waals surface area contributed by atoms with Crippen LogP contribution in [0.2, 0.25) is 10.0 Å². The predicted molar refractivity (Wildman–Crippen MR) is 161 cm³/mol. The fourth-order valence-corrected chi connectivity index (χ4v) is 5.60. The van der Waals surface area contributed by atoms with Crippen LogP contribution in [-0.2, 0) is 32.8 Å². The molecule has 3 aromatic rings. The van der Waals surface area contributed by atoms with Gasteiger partial charge in [0.25, 0.3) is 0 Å². The Kier molecular flexibility index (Phi) is 11.0. The standard InChI is InChI=1S/C29H34Cl2N4O4S/c1-21(2)32-29(37)27(17-22-11-7-5-8-12-22)34(19-23-15-16-24(30)18-26(23)31)28(36)20-35(40(38,39)33(3)4)25-13-9-6-10-14-25/h5-16,18,21,27H,17,19-20H2,1-4H3,(H,32,37)/t27-/m0/s1. The molecule has 0 aliphatic rings. The average Bonchev–Trinajstić information content (AvgIpc) is 2.90. The zero-order valence-corrected chi connectivity index (χ0v) is 25.2. The number of carbonyl (C=O) groups excluding carboxylic acids is 2. The van der Waals surface area contributed by atoms with Gasteiger partial charge in [-0.1, -0.05) is 77.8 Å². The molecule has 214 valence electrons. The highest BCUT2D eigenvalue weighted by atomic mass is 35.5. The molecule has 0 bridgehead atoms. The Morgan fingerprint density at radius 2 is 1.50 bits per heavy atom. The van der Waals surface area contributed by atoms with E-state index in [4.69, 9.17) is 23.2 Å². The number of nitrogens with zero attached hydrogens (tertiary/aromatic N) is 3. The van der Waals surface area contributed by atoms with Crippen molar-refractivity contribution in [3.05, 3.63) is 100 Å². The number of carbonyl (C=O) groups is 2. The molecule has 11 heteroatoms. The van der Waals surface area contributed by atoms with Gasteiger partial charge in [-0.3, -0.25) is 9.59 Å². The van der Waals surface area contributed by atoms with Crippen LogP contribution in [0, 0.1) is 0 Å². The summed E-state index contributed by atoms with van der Waals surface area (Å²) in [6.45, 7) is 3.10. The van der Waals surface area contributed by atoms with Crippen LogP contribution in [0.3, 0.4) is 0 Å². The van der Waals surface area contributed by atoms with Gasteiger partial charge in [0.1, 0.15) is 12.6 Å². The number of hydrogen-bond donors (Lipinski definition) is 1. The van der Waals surface area contributed by atoms with Gasteiger partial charge in [-0.15, -0.1) is 0 Å². The van der Waals surface area contributed by atoms with Crippen molar-refractivity contribution in [3.63, 3.8) is 0 Å². The van der Waals surface area contributed by atoms with E-state index in [0.717, 1.165) is 14.2 Å². The fraction of sp³-hybridized carbons (Fsp3) is 0.310. The monoisotopic (exact) mass is 604 g/mol. The first-order chi connectivity index (χ1) is 18.9. The minimum absolute atomic E-state index is 0.0392. The molecule has 0 heterocycles. The molecular weight excluding hydrogens is 571 g/mol. The highest BCUT2D eigenvalue weighted by Gasteiger charge is 2.35. The van der Waals surface area contributed by atoms with E-state index in [-0.39, 0.29) is 24.9 Å². The molecule has 0 aliphatic heterocycles. The maximum absolute atomic E-state index is 14.2. The summed E-state index contributed by atoms with van der Waals surface area (Å²) in [5, 5.41) is 3.67. The van der Waals surface area contributed by atoms with E-state index >= 15 is 0 Å². The normalized spacial score (nSPS) is 12.3. The Morgan fingerprint density at radius 1 is 0.900 bits per heavy atom. The number of nitrogens with one attached hydrogen (secondary N) is 1. The quantitative estimate of drug-likeness (QED) is 0.322. The molecule has 0 saturated heterocycles. The maximum Gasteiger partial charge on any atom is 0.304 e. The van der Waals surface area contributed by atoms with Gasteiger partial charge in [-0.05, 0) is 49.2 Å². The molecule has 0 spiro atoms. The molecule has 0 radical (unpaired) electrons. The molecule has 1 N–H and O–H groups in total. The van der Waals surface area contributed by atoms with Crippen LogP contribution < -0.4 is 9.62 Å². The van der Waals surface area contributed by atoms with E-state index in [2.05, 4.69) is 5.32 Å². The smallest absolute Gasteiger partial charge is 0.304 e. The van der Waals surface area contributed by atoms with E-state index in [1.807, 2.05) is 44.2 Å². The Labute approximate surface area is 246 Å². The third kappa shape index (κ3) is 8.20. The first-order valence-corrected chi connectivity index (χ1v) is 14.9. The topological polar surface area (TPSA) is 90.0 Å². The summed E-state index contributed by atoms with van der Waals surface area (Å²) < 4.78 is 28.8. The lowest BCUT2D eigenvalue weighted by atomic mass is 10.0. The molecule has 3 rings (SSSR count). The van der Waals surface area contributed by atoms with Crippen molar-refractivity contribution in [1.29, 1.82) is 0 Å². The van der Waals surface area contributed by atoms with E-state index in [1.165, 1.54) is 19.0 Å². The van der Waals surface area contributed by atoms with Crippen LogP contribution in [0.15, 0.2) is 78.9 Å². The van der Waals surface area contributed by atoms with Crippen LogP contribution in [-0.4, -0.2) is 62.2 Å². The first kappa shape index (κ1) is 31.4. The SMILES string of the molecule is CC(C)NC(=O)[C@H](Cc1ccccc1)N(Cc1ccc(Cl)cc1Cl)C(=O)CN(c1ccccc1)S(=O)(=O)N(C)C. The van der Waals surface area contributed by atoms with Gasteiger partial charge in [0.05, 0.1) is 5.69 Å². The Bertz CT molecular complexity index is 1400. The number of halogens is 2. The van der Waals surface area contributed by atoms with E-state index in [9.17, 15) is 18.0 Å². The average molecular weight is 606 g/mol. The van der Waals surface area contributed by atoms with Crippen molar-refractivity contribution in [2.75, 3.05) is 24.9 Å². The Balaban J connectivity index is 2.10. The second-order valence-electron chi connectivity index (χ2n) is 9.76. The van der Waals surface area contributed by atoms with Gasteiger partial charge in [-0.2, -0.15) is 12.7 Å². The number of para-hydroxylation sites is 1. The second-order valence-corrected chi connectivity index (χ2v) is 12.7. The van der Waals surface area contributed by atoms with Gasteiger partial charge < -0.3 is 10.2 Å². The lowest BCUT2D eigenvalue weighted by Gasteiger charge is -2.35. The molecule has 0 unspecified atom stereocenters. The lowest BCUT2D eigenvalue weighted by molar-refractivity contribution is -0.140. The molecule has 3 aromatic carbocycles. The van der Waals surface area contributed by atoms with E-state index in [0.29, 0.717) is 21.3 Å². The number of hydrogen-bond acceptors (Lipinski definition) is 4. The van der Waals surface area contributed by atoms with Gasteiger partial charge in [0, 0.05) is 43.1 Å². The largest absolute Gasteiger partial charge is 0.352 e. The number of benzene rings is 3. The summed E-state index contributed by atoms with van der Waals surface area (Å²) in [7, 11) is -1.26. The van der Waals surface area contributed by atoms with Gasteiger partial charge in [-0.25, -0.2) is 4.31 Å². The predicted octanol–water partition coefficient (Wildman–Crippen LogP) is 4.77.